The predicted octanol–water partition coefficient (Wildman–Crippen LogP) is 6.70. The van der Waals surface area contributed by atoms with Crippen LogP contribution < -0.4 is 14.8 Å². The number of carbonyl (C=O) groups excluding carboxylic acids is 2. The first-order chi connectivity index (χ1) is 17.6. The van der Waals surface area contributed by atoms with E-state index >= 15 is 0 Å². The lowest BCUT2D eigenvalue weighted by Crippen LogP contribution is -2.40. The number of rotatable bonds is 14. The van der Waals surface area contributed by atoms with Gasteiger partial charge in [-0.1, -0.05) is 50.8 Å². The molecule has 0 aliphatic rings. The molecule has 2 aromatic carbocycles. The monoisotopic (exact) mass is 520 g/mol. The van der Waals surface area contributed by atoms with Crippen molar-refractivity contribution in [2.24, 2.45) is 0 Å². The summed E-state index contributed by atoms with van der Waals surface area (Å²) < 4.78 is 44.4. The number of carbonyl (C=O) groups is 2. The molecule has 0 saturated heterocycles. The number of halogens is 2. The first-order valence-corrected chi connectivity index (χ1v) is 12.7. The van der Waals surface area contributed by atoms with E-state index in [1.54, 1.807) is 45.0 Å². The van der Waals surface area contributed by atoms with Crippen molar-refractivity contribution in [1.29, 1.82) is 0 Å². The van der Waals surface area contributed by atoms with E-state index in [-0.39, 0.29) is 24.6 Å². The highest BCUT2D eigenvalue weighted by Gasteiger charge is 2.32. The number of hydrogen-bond donors (Lipinski definition) is 1. The fourth-order valence-electron chi connectivity index (χ4n) is 3.74. The predicted molar refractivity (Wildman–Crippen MR) is 139 cm³/mol. The number of nitrogens with zero attached hydrogens (tertiary/aromatic N) is 1. The van der Waals surface area contributed by atoms with Crippen molar-refractivity contribution in [3.05, 3.63) is 53.6 Å². The van der Waals surface area contributed by atoms with Gasteiger partial charge in [-0.05, 0) is 33.3 Å². The molecule has 0 saturated carbocycles. The molecule has 0 radical (unpaired) electrons. The minimum atomic E-state index is -1.25. The molecule has 0 heterocycles. The molecule has 0 spiro atoms. The second-order valence-corrected chi connectivity index (χ2v) is 9.17. The van der Waals surface area contributed by atoms with Crippen molar-refractivity contribution in [3.63, 3.8) is 0 Å². The maximum atomic E-state index is 14.5. The Morgan fingerprint density at radius 3 is 2.38 bits per heavy atom. The quantitative estimate of drug-likeness (QED) is 0.222. The van der Waals surface area contributed by atoms with Crippen LogP contribution in [0.5, 0.6) is 11.5 Å². The molecule has 2 rings (SSSR count). The van der Waals surface area contributed by atoms with Crippen LogP contribution in [0.25, 0.3) is 0 Å². The Labute approximate surface area is 218 Å². The van der Waals surface area contributed by atoms with E-state index in [1.165, 1.54) is 12.0 Å². The van der Waals surface area contributed by atoms with Crippen LogP contribution in [0.4, 0.5) is 19.3 Å². The number of esters is 1. The van der Waals surface area contributed by atoms with Crippen LogP contribution in [0.15, 0.2) is 36.4 Å². The zero-order valence-corrected chi connectivity index (χ0v) is 22.4. The summed E-state index contributed by atoms with van der Waals surface area (Å²) in [6, 6.07) is 8.22. The van der Waals surface area contributed by atoms with Crippen molar-refractivity contribution in [2.45, 2.75) is 71.9 Å². The van der Waals surface area contributed by atoms with Gasteiger partial charge in [-0.2, -0.15) is 0 Å². The molecule has 2 aromatic rings. The fourth-order valence-corrected chi connectivity index (χ4v) is 3.74. The number of para-hydroxylation sites is 1. The van der Waals surface area contributed by atoms with Gasteiger partial charge >= 0.3 is 12.0 Å². The van der Waals surface area contributed by atoms with Gasteiger partial charge in [-0.15, -0.1) is 0 Å². The van der Waals surface area contributed by atoms with Crippen LogP contribution in [0, 0.1) is 11.6 Å². The number of anilines is 1. The summed E-state index contributed by atoms with van der Waals surface area (Å²) in [6.45, 7) is 7.84. The Morgan fingerprint density at radius 2 is 1.70 bits per heavy atom. The lowest BCUT2D eigenvalue weighted by molar-refractivity contribution is -0.158. The molecule has 0 unspecified atom stereocenters. The average molecular weight is 521 g/mol. The van der Waals surface area contributed by atoms with E-state index in [2.05, 4.69) is 12.2 Å². The van der Waals surface area contributed by atoms with Crippen LogP contribution in [-0.4, -0.2) is 42.8 Å². The van der Waals surface area contributed by atoms with E-state index in [1.807, 2.05) is 0 Å². The van der Waals surface area contributed by atoms with Crippen molar-refractivity contribution >= 4 is 17.7 Å². The number of benzene rings is 2. The number of unbranched alkanes of at least 4 members (excludes halogenated alkanes) is 4. The number of hydrogen-bond acceptors (Lipinski definition) is 5. The van der Waals surface area contributed by atoms with Crippen LogP contribution in [0.1, 0.15) is 65.4 Å². The first kappa shape index (κ1) is 29.9. The molecule has 9 heteroatoms. The summed E-state index contributed by atoms with van der Waals surface area (Å²) in [5.74, 6) is -1.94. The van der Waals surface area contributed by atoms with Crippen molar-refractivity contribution < 1.29 is 32.6 Å². The van der Waals surface area contributed by atoms with Gasteiger partial charge in [0.25, 0.3) is 0 Å². The van der Waals surface area contributed by atoms with Crippen molar-refractivity contribution in [2.75, 3.05) is 25.6 Å². The lowest BCUT2D eigenvalue weighted by Gasteiger charge is -2.28. The maximum Gasteiger partial charge on any atom is 0.349 e. The topological polar surface area (TPSA) is 77.1 Å². The number of urea groups is 1. The Hall–Kier alpha value is -3.36. The Morgan fingerprint density at radius 1 is 1.00 bits per heavy atom. The summed E-state index contributed by atoms with van der Waals surface area (Å²) >= 11 is 0. The maximum absolute atomic E-state index is 14.5. The molecular weight excluding hydrogens is 482 g/mol. The van der Waals surface area contributed by atoms with Crippen LogP contribution in [0.3, 0.4) is 0 Å². The van der Waals surface area contributed by atoms with Gasteiger partial charge in [0.2, 0.25) is 0 Å². The zero-order chi connectivity index (χ0) is 27.4. The third-order valence-electron chi connectivity index (χ3n) is 5.76. The van der Waals surface area contributed by atoms with Gasteiger partial charge in [0.1, 0.15) is 23.0 Å². The molecule has 0 aromatic heterocycles. The highest BCUT2D eigenvalue weighted by atomic mass is 19.1. The molecule has 0 bridgehead atoms. The number of ether oxygens (including phenoxy) is 3. The molecule has 7 nitrogen and oxygen atoms in total. The van der Waals surface area contributed by atoms with Gasteiger partial charge in [-0.25, -0.2) is 18.4 Å². The van der Waals surface area contributed by atoms with Crippen molar-refractivity contribution in [3.8, 4) is 11.5 Å². The van der Waals surface area contributed by atoms with E-state index < -0.39 is 29.2 Å². The summed E-state index contributed by atoms with van der Waals surface area (Å²) in [6.07, 6.45) is 4.91. The second kappa shape index (κ2) is 14.4. The van der Waals surface area contributed by atoms with E-state index in [0.29, 0.717) is 23.9 Å². The number of methoxy groups -OCH3 is 1. The molecule has 204 valence electrons. The third-order valence-corrected chi connectivity index (χ3v) is 5.76. The number of nitrogens with one attached hydrogen (secondary N) is 1. The highest BCUT2D eigenvalue weighted by Crippen LogP contribution is 2.30. The third kappa shape index (κ3) is 8.91. The second-order valence-electron chi connectivity index (χ2n) is 9.17. The summed E-state index contributed by atoms with van der Waals surface area (Å²) in [5.41, 5.74) is -0.822. The highest BCUT2D eigenvalue weighted by molar-refractivity contribution is 5.91. The smallest absolute Gasteiger partial charge is 0.349 e. The molecule has 0 atom stereocenters. The lowest BCUT2D eigenvalue weighted by atomic mass is 10.1. The molecule has 1 N–H and O–H groups in total. The van der Waals surface area contributed by atoms with Crippen molar-refractivity contribution in [1.82, 2.24) is 4.90 Å². The minimum absolute atomic E-state index is 0.117. The van der Waals surface area contributed by atoms with Crippen LogP contribution >= 0.6 is 0 Å². The van der Waals surface area contributed by atoms with Crippen LogP contribution in [-0.2, 0) is 16.1 Å². The van der Waals surface area contributed by atoms with Gasteiger partial charge in [0.05, 0.1) is 20.3 Å². The van der Waals surface area contributed by atoms with Gasteiger partial charge in [0, 0.05) is 24.2 Å². The molecule has 37 heavy (non-hydrogen) atoms. The summed E-state index contributed by atoms with van der Waals surface area (Å²) in [7, 11) is 1.27. The summed E-state index contributed by atoms with van der Waals surface area (Å²) in [5, 5.41) is 2.54. The summed E-state index contributed by atoms with van der Waals surface area (Å²) in [4.78, 5) is 27.2. The number of amides is 2. The largest absolute Gasteiger partial charge is 0.494 e. The van der Waals surface area contributed by atoms with E-state index in [9.17, 15) is 18.4 Å². The Bertz CT molecular complexity index is 1050. The van der Waals surface area contributed by atoms with Gasteiger partial charge < -0.3 is 24.4 Å². The Balaban J connectivity index is 2.29. The van der Waals surface area contributed by atoms with E-state index in [0.717, 1.165) is 38.2 Å². The van der Waals surface area contributed by atoms with Gasteiger partial charge in [-0.3, -0.25) is 0 Å². The fraction of sp³-hybridized carbons (Fsp3) is 0.500. The molecule has 2 amide bonds. The van der Waals surface area contributed by atoms with Crippen LogP contribution in [0.2, 0.25) is 0 Å². The zero-order valence-electron chi connectivity index (χ0n) is 22.4. The average Bonchev–Trinajstić information content (AvgIpc) is 2.85. The minimum Gasteiger partial charge on any atom is -0.494 e. The molecule has 0 aliphatic carbocycles. The molecule has 0 fully saturated rings. The standard InChI is InChI=1S/C28H38F2N2O5/c1-6-8-9-10-13-16-32(27(34)31-25-22(30)17-21(29)18-24(25)35-5)19-20-14-11-12-15-23(20)37-28(3,4)26(33)36-7-2/h11-12,14-15,17-18H,6-10,13,16,19H2,1-5H3,(H,31,34). The SMILES string of the molecule is CCCCCCCN(Cc1ccccc1OC(C)(C)C(=O)OCC)C(=O)Nc1c(F)cc(F)cc1OC. The Kier molecular flexibility index (Phi) is 11.6. The van der Waals surface area contributed by atoms with E-state index in [4.69, 9.17) is 14.2 Å². The first-order valence-electron chi connectivity index (χ1n) is 12.7. The normalized spacial score (nSPS) is 11.1. The van der Waals surface area contributed by atoms with Gasteiger partial charge in [0.15, 0.2) is 11.4 Å². The molecular formula is C28H38F2N2O5. The molecule has 0 aliphatic heterocycles.